The van der Waals surface area contributed by atoms with Gasteiger partial charge in [-0.15, -0.1) is 11.3 Å². The third-order valence-electron chi connectivity index (χ3n) is 3.17. The lowest BCUT2D eigenvalue weighted by Gasteiger charge is -2.17. The van der Waals surface area contributed by atoms with Crippen LogP contribution in [0.1, 0.15) is 29.8 Å². The van der Waals surface area contributed by atoms with Gasteiger partial charge in [0.25, 0.3) is 5.69 Å². The third-order valence-corrected chi connectivity index (χ3v) is 4.51. The number of hydrogen-bond donors (Lipinski definition) is 1. The predicted molar refractivity (Wildman–Crippen MR) is 87.2 cm³/mol. The van der Waals surface area contributed by atoms with Crippen LogP contribution in [-0.2, 0) is 6.42 Å². The highest BCUT2D eigenvalue weighted by Gasteiger charge is 2.14. The molecule has 1 N–H and O–H groups in total. The molecule has 0 aliphatic heterocycles. The molecule has 2 rings (SSSR count). The molecule has 0 amide bonds. The van der Waals surface area contributed by atoms with Crippen LogP contribution in [0.3, 0.4) is 0 Å². The van der Waals surface area contributed by atoms with Crippen LogP contribution in [0.2, 0.25) is 4.34 Å². The summed E-state index contributed by atoms with van der Waals surface area (Å²) in [5.74, 6) is 0. The molecule has 4 nitrogen and oxygen atoms in total. The molecule has 0 saturated carbocycles. The smallest absolute Gasteiger partial charge is 0.269 e. The number of nitro benzene ring substituents is 1. The van der Waals surface area contributed by atoms with E-state index in [1.165, 1.54) is 4.88 Å². The minimum atomic E-state index is -0.379. The second-order valence-corrected chi connectivity index (χ2v) is 6.52. The summed E-state index contributed by atoms with van der Waals surface area (Å²) in [5.41, 5.74) is 1.19. The number of halogens is 1. The molecule has 0 saturated heterocycles. The maximum absolute atomic E-state index is 10.7. The summed E-state index contributed by atoms with van der Waals surface area (Å²) in [5, 5.41) is 14.2. The molecular formula is C15H17ClN2O2S. The van der Waals surface area contributed by atoms with Crippen LogP contribution in [0.15, 0.2) is 36.4 Å². The molecule has 1 aromatic carbocycles. The standard InChI is InChI=1S/C15H17ClN2O2S/c1-2-9-17-13(14-7-8-15(16)21-14)10-11-3-5-12(6-4-11)18(19)20/h3-8,13,17H,2,9-10H2,1H3. The summed E-state index contributed by atoms with van der Waals surface area (Å²) < 4.78 is 0.775. The largest absolute Gasteiger partial charge is 0.309 e. The zero-order valence-corrected chi connectivity index (χ0v) is 13.3. The van der Waals surface area contributed by atoms with Gasteiger partial charge < -0.3 is 5.32 Å². The van der Waals surface area contributed by atoms with Gasteiger partial charge in [-0.3, -0.25) is 10.1 Å². The summed E-state index contributed by atoms with van der Waals surface area (Å²) in [4.78, 5) is 11.5. The van der Waals surface area contributed by atoms with Gasteiger partial charge in [0.2, 0.25) is 0 Å². The first-order valence-corrected chi connectivity index (χ1v) is 8.01. The van der Waals surface area contributed by atoms with Crippen molar-refractivity contribution in [1.29, 1.82) is 0 Å². The van der Waals surface area contributed by atoms with Gasteiger partial charge in [0.1, 0.15) is 0 Å². The van der Waals surface area contributed by atoms with Gasteiger partial charge in [-0.25, -0.2) is 0 Å². The average molecular weight is 325 g/mol. The fourth-order valence-corrected chi connectivity index (χ4v) is 3.23. The van der Waals surface area contributed by atoms with Crippen molar-refractivity contribution in [2.75, 3.05) is 6.54 Å². The number of non-ortho nitro benzene ring substituents is 1. The highest BCUT2D eigenvalue weighted by atomic mass is 35.5. The quantitative estimate of drug-likeness (QED) is 0.598. The Labute approximate surface area is 132 Å². The molecule has 1 atom stereocenters. The monoisotopic (exact) mass is 324 g/mol. The van der Waals surface area contributed by atoms with E-state index in [9.17, 15) is 10.1 Å². The van der Waals surface area contributed by atoms with Crippen molar-refractivity contribution >= 4 is 28.6 Å². The molecule has 6 heteroatoms. The molecule has 0 bridgehead atoms. The van der Waals surface area contributed by atoms with Crippen LogP contribution >= 0.6 is 22.9 Å². The number of nitrogens with one attached hydrogen (secondary N) is 1. The van der Waals surface area contributed by atoms with Crippen molar-refractivity contribution < 1.29 is 4.92 Å². The number of thiophene rings is 1. The Kier molecular flexibility index (Phi) is 5.73. The Balaban J connectivity index is 2.12. The van der Waals surface area contributed by atoms with E-state index in [0.29, 0.717) is 0 Å². The van der Waals surface area contributed by atoms with Gasteiger partial charge in [0, 0.05) is 23.1 Å². The SMILES string of the molecule is CCCNC(Cc1ccc([N+](=O)[O-])cc1)c1ccc(Cl)s1. The van der Waals surface area contributed by atoms with Gasteiger partial charge in [-0.2, -0.15) is 0 Å². The van der Waals surface area contributed by atoms with Crippen molar-refractivity contribution in [3.8, 4) is 0 Å². The zero-order valence-electron chi connectivity index (χ0n) is 11.7. The zero-order chi connectivity index (χ0) is 15.2. The van der Waals surface area contributed by atoms with Crippen molar-refractivity contribution in [2.45, 2.75) is 25.8 Å². The second kappa shape index (κ2) is 7.54. The Hall–Kier alpha value is -1.43. The highest BCUT2D eigenvalue weighted by Crippen LogP contribution is 2.29. The lowest BCUT2D eigenvalue weighted by molar-refractivity contribution is -0.384. The highest BCUT2D eigenvalue weighted by molar-refractivity contribution is 7.16. The minimum Gasteiger partial charge on any atom is -0.309 e. The van der Waals surface area contributed by atoms with Crippen molar-refractivity contribution in [2.24, 2.45) is 0 Å². The van der Waals surface area contributed by atoms with Gasteiger partial charge in [-0.05, 0) is 37.1 Å². The lowest BCUT2D eigenvalue weighted by Crippen LogP contribution is -2.23. The molecule has 1 unspecified atom stereocenters. The molecule has 21 heavy (non-hydrogen) atoms. The van der Waals surface area contributed by atoms with Gasteiger partial charge in [0.05, 0.1) is 9.26 Å². The third kappa shape index (κ3) is 4.52. The van der Waals surface area contributed by atoms with Crippen LogP contribution < -0.4 is 5.32 Å². The van der Waals surface area contributed by atoms with Crippen molar-refractivity contribution in [1.82, 2.24) is 5.32 Å². The Morgan fingerprint density at radius 3 is 2.52 bits per heavy atom. The van der Waals surface area contributed by atoms with Crippen LogP contribution in [-0.4, -0.2) is 11.5 Å². The van der Waals surface area contributed by atoms with E-state index in [1.807, 2.05) is 24.3 Å². The number of nitrogens with zero attached hydrogens (tertiary/aromatic N) is 1. The number of nitro groups is 1. The minimum absolute atomic E-state index is 0.121. The summed E-state index contributed by atoms with van der Waals surface area (Å²) in [6, 6.07) is 10.8. The predicted octanol–water partition coefficient (Wildman–Crippen LogP) is 4.59. The van der Waals surface area contributed by atoms with Crippen molar-refractivity contribution in [3.63, 3.8) is 0 Å². The summed E-state index contributed by atoms with van der Waals surface area (Å²) >= 11 is 7.58. The molecule has 0 radical (unpaired) electrons. The fraction of sp³-hybridized carbons (Fsp3) is 0.333. The molecule has 1 aromatic heterocycles. The number of benzene rings is 1. The second-order valence-electron chi connectivity index (χ2n) is 4.78. The molecule has 112 valence electrons. The Morgan fingerprint density at radius 2 is 2.00 bits per heavy atom. The summed E-state index contributed by atoms with van der Waals surface area (Å²) in [6.07, 6.45) is 1.84. The normalized spacial score (nSPS) is 12.3. The van der Waals surface area contributed by atoms with E-state index < -0.39 is 0 Å². The van der Waals surface area contributed by atoms with E-state index in [2.05, 4.69) is 12.2 Å². The summed E-state index contributed by atoms with van der Waals surface area (Å²) in [7, 11) is 0. The number of rotatable bonds is 7. The van der Waals surface area contributed by atoms with Crippen molar-refractivity contribution in [3.05, 3.63) is 61.3 Å². The topological polar surface area (TPSA) is 55.2 Å². The van der Waals surface area contributed by atoms with E-state index in [4.69, 9.17) is 11.6 Å². The van der Waals surface area contributed by atoms with Gasteiger partial charge in [-0.1, -0.05) is 30.7 Å². The molecule has 2 aromatic rings. The van der Waals surface area contributed by atoms with Gasteiger partial charge >= 0.3 is 0 Å². The lowest BCUT2D eigenvalue weighted by atomic mass is 10.0. The van der Waals surface area contributed by atoms with Gasteiger partial charge in [0.15, 0.2) is 0 Å². The average Bonchev–Trinajstić information content (AvgIpc) is 2.90. The van der Waals surface area contributed by atoms with Crippen LogP contribution in [0.5, 0.6) is 0 Å². The molecule has 0 fully saturated rings. The molecule has 0 aliphatic rings. The maximum atomic E-state index is 10.7. The maximum Gasteiger partial charge on any atom is 0.269 e. The van der Waals surface area contributed by atoms with Crippen LogP contribution in [0.4, 0.5) is 5.69 Å². The first-order valence-electron chi connectivity index (χ1n) is 6.82. The molecule has 1 heterocycles. The first kappa shape index (κ1) is 15.9. The number of hydrogen-bond acceptors (Lipinski definition) is 4. The van der Waals surface area contributed by atoms with E-state index in [1.54, 1.807) is 23.5 Å². The molecule has 0 aliphatic carbocycles. The Morgan fingerprint density at radius 1 is 1.29 bits per heavy atom. The summed E-state index contributed by atoms with van der Waals surface area (Å²) in [6.45, 7) is 3.05. The van der Waals surface area contributed by atoms with Crippen LogP contribution in [0, 0.1) is 10.1 Å². The Bertz CT molecular complexity index is 598. The first-order chi connectivity index (χ1) is 10.1. The molecular weight excluding hydrogens is 308 g/mol. The van der Waals surface area contributed by atoms with E-state index >= 15 is 0 Å². The fourth-order valence-electron chi connectivity index (χ4n) is 2.10. The van der Waals surface area contributed by atoms with E-state index in [0.717, 1.165) is 29.3 Å². The molecule has 0 spiro atoms. The van der Waals surface area contributed by atoms with Crippen LogP contribution in [0.25, 0.3) is 0 Å². The van der Waals surface area contributed by atoms with E-state index in [-0.39, 0.29) is 16.7 Å².